The quantitative estimate of drug-likeness (QED) is 0.677. The molecular weight excluding hydrogens is 332 g/mol. The third-order valence-corrected chi connectivity index (χ3v) is 3.51. The molecule has 2 aromatic carbocycles. The van der Waals surface area contributed by atoms with Crippen molar-refractivity contribution in [2.45, 2.75) is 13.8 Å². The summed E-state index contributed by atoms with van der Waals surface area (Å²) in [5.74, 6) is 0.802. The van der Waals surface area contributed by atoms with E-state index >= 15 is 0 Å². The molecule has 138 valence electrons. The lowest BCUT2D eigenvalue weighted by molar-refractivity contribution is 0.0945. The van der Waals surface area contributed by atoms with Crippen LogP contribution in [0.1, 0.15) is 34.6 Å². The van der Waals surface area contributed by atoms with Crippen molar-refractivity contribution in [3.8, 4) is 11.5 Å². The lowest BCUT2D eigenvalue weighted by Gasteiger charge is -2.12. The third kappa shape index (κ3) is 5.51. The molecule has 2 rings (SSSR count). The number of para-hydroxylation sites is 1. The van der Waals surface area contributed by atoms with Gasteiger partial charge in [0.2, 0.25) is 0 Å². The monoisotopic (exact) mass is 356 g/mol. The van der Waals surface area contributed by atoms with Gasteiger partial charge in [0, 0.05) is 18.7 Å². The molecule has 26 heavy (non-hydrogen) atoms. The lowest BCUT2D eigenvalue weighted by Crippen LogP contribution is -2.23. The zero-order valence-electron chi connectivity index (χ0n) is 15.1. The maximum absolute atomic E-state index is 12.0. The molecule has 2 N–H and O–H groups in total. The standard InChI is InChI=1S/C20H24N2O4/c1-3-21-19(23)15-8-7-9-16(14-15)25-12-13-26-18-11-6-5-10-17(18)20(24)22-4-2/h5-11,14H,3-4,12-13H2,1-2H3,(H,21,23)(H,22,24). The summed E-state index contributed by atoms with van der Waals surface area (Å²) in [6, 6.07) is 14.0. The highest BCUT2D eigenvalue weighted by molar-refractivity contribution is 5.96. The molecule has 0 aliphatic carbocycles. The lowest BCUT2D eigenvalue weighted by atomic mass is 10.2. The first-order valence-electron chi connectivity index (χ1n) is 8.66. The Morgan fingerprint density at radius 1 is 0.846 bits per heavy atom. The zero-order valence-corrected chi connectivity index (χ0v) is 15.1. The zero-order chi connectivity index (χ0) is 18.8. The molecule has 0 spiro atoms. The van der Waals surface area contributed by atoms with E-state index in [1.54, 1.807) is 42.5 Å². The second-order valence-electron chi connectivity index (χ2n) is 5.44. The van der Waals surface area contributed by atoms with Gasteiger partial charge in [-0.2, -0.15) is 0 Å². The Kier molecular flexibility index (Phi) is 7.49. The minimum absolute atomic E-state index is 0.134. The molecule has 0 aliphatic heterocycles. The first-order valence-corrected chi connectivity index (χ1v) is 8.66. The van der Waals surface area contributed by atoms with Crippen LogP contribution < -0.4 is 20.1 Å². The molecule has 0 bridgehead atoms. The van der Waals surface area contributed by atoms with Crippen molar-refractivity contribution in [2.75, 3.05) is 26.3 Å². The number of amides is 2. The van der Waals surface area contributed by atoms with Gasteiger partial charge in [-0.15, -0.1) is 0 Å². The summed E-state index contributed by atoms with van der Waals surface area (Å²) in [6.07, 6.45) is 0. The number of nitrogens with one attached hydrogen (secondary N) is 2. The van der Waals surface area contributed by atoms with Crippen molar-refractivity contribution in [2.24, 2.45) is 0 Å². The fourth-order valence-electron chi connectivity index (χ4n) is 2.34. The van der Waals surface area contributed by atoms with Gasteiger partial charge in [-0.1, -0.05) is 18.2 Å². The fourth-order valence-corrected chi connectivity index (χ4v) is 2.34. The molecule has 0 unspecified atom stereocenters. The van der Waals surface area contributed by atoms with E-state index in [2.05, 4.69) is 10.6 Å². The van der Waals surface area contributed by atoms with Crippen LogP contribution in [0.25, 0.3) is 0 Å². The van der Waals surface area contributed by atoms with Crippen molar-refractivity contribution in [3.63, 3.8) is 0 Å². The Labute approximate surface area is 153 Å². The smallest absolute Gasteiger partial charge is 0.255 e. The van der Waals surface area contributed by atoms with E-state index < -0.39 is 0 Å². The van der Waals surface area contributed by atoms with Gasteiger partial charge < -0.3 is 20.1 Å². The van der Waals surface area contributed by atoms with Crippen LogP contribution in [0.15, 0.2) is 48.5 Å². The highest BCUT2D eigenvalue weighted by Crippen LogP contribution is 2.18. The number of hydrogen-bond donors (Lipinski definition) is 2. The molecule has 0 heterocycles. The van der Waals surface area contributed by atoms with E-state index in [0.29, 0.717) is 42.3 Å². The maximum Gasteiger partial charge on any atom is 0.255 e. The number of carbonyl (C=O) groups excluding carboxylic acids is 2. The Balaban J connectivity index is 1.89. The first kappa shape index (κ1) is 19.3. The summed E-state index contributed by atoms with van der Waals surface area (Å²) in [5.41, 5.74) is 1.04. The van der Waals surface area contributed by atoms with Crippen LogP contribution in [0.3, 0.4) is 0 Å². The van der Waals surface area contributed by atoms with Gasteiger partial charge in [-0.05, 0) is 44.2 Å². The third-order valence-electron chi connectivity index (χ3n) is 3.51. The van der Waals surface area contributed by atoms with E-state index in [0.717, 1.165) is 0 Å². The molecule has 0 aromatic heterocycles. The van der Waals surface area contributed by atoms with Crippen LogP contribution in [-0.4, -0.2) is 38.1 Å². The van der Waals surface area contributed by atoms with Gasteiger partial charge in [-0.25, -0.2) is 0 Å². The second-order valence-corrected chi connectivity index (χ2v) is 5.44. The summed E-state index contributed by atoms with van der Waals surface area (Å²) in [5, 5.41) is 5.51. The topological polar surface area (TPSA) is 76.7 Å². The number of carbonyl (C=O) groups is 2. The molecule has 0 saturated heterocycles. The largest absolute Gasteiger partial charge is 0.490 e. The van der Waals surface area contributed by atoms with Crippen LogP contribution in [0.2, 0.25) is 0 Å². The van der Waals surface area contributed by atoms with Crippen molar-refractivity contribution in [1.29, 1.82) is 0 Å². The average molecular weight is 356 g/mol. The predicted octanol–water partition coefficient (Wildman–Crippen LogP) is 2.64. The minimum Gasteiger partial charge on any atom is -0.490 e. The van der Waals surface area contributed by atoms with Gasteiger partial charge >= 0.3 is 0 Å². The van der Waals surface area contributed by atoms with Gasteiger partial charge in [-0.3, -0.25) is 9.59 Å². The van der Waals surface area contributed by atoms with Crippen LogP contribution >= 0.6 is 0 Å². The Morgan fingerprint density at radius 3 is 2.31 bits per heavy atom. The van der Waals surface area contributed by atoms with Crippen LogP contribution in [0.4, 0.5) is 0 Å². The van der Waals surface area contributed by atoms with E-state index in [1.165, 1.54) is 0 Å². The summed E-state index contributed by atoms with van der Waals surface area (Å²) >= 11 is 0. The SMILES string of the molecule is CCNC(=O)c1cccc(OCCOc2ccccc2C(=O)NCC)c1. The van der Waals surface area contributed by atoms with Crippen molar-refractivity contribution in [1.82, 2.24) is 10.6 Å². The summed E-state index contributed by atoms with van der Waals surface area (Å²) in [7, 11) is 0. The molecule has 0 atom stereocenters. The van der Waals surface area contributed by atoms with Gasteiger partial charge in [0.15, 0.2) is 0 Å². The van der Waals surface area contributed by atoms with Crippen LogP contribution in [0, 0.1) is 0 Å². The van der Waals surface area contributed by atoms with Crippen molar-refractivity contribution >= 4 is 11.8 Å². The molecule has 6 heteroatoms. The predicted molar refractivity (Wildman–Crippen MR) is 99.9 cm³/mol. The summed E-state index contributed by atoms with van der Waals surface area (Å²) in [6.45, 7) is 5.43. The van der Waals surface area contributed by atoms with Crippen molar-refractivity contribution in [3.05, 3.63) is 59.7 Å². The number of rotatable bonds is 9. The highest BCUT2D eigenvalue weighted by atomic mass is 16.5. The van der Waals surface area contributed by atoms with Crippen LogP contribution in [0.5, 0.6) is 11.5 Å². The van der Waals surface area contributed by atoms with E-state index in [9.17, 15) is 9.59 Å². The molecule has 0 fully saturated rings. The Hall–Kier alpha value is -3.02. The highest BCUT2D eigenvalue weighted by Gasteiger charge is 2.11. The maximum atomic E-state index is 12.0. The fraction of sp³-hybridized carbons (Fsp3) is 0.300. The first-order chi connectivity index (χ1) is 12.7. The molecular formula is C20H24N2O4. The van der Waals surface area contributed by atoms with E-state index in [4.69, 9.17) is 9.47 Å². The summed E-state index contributed by atoms with van der Waals surface area (Å²) < 4.78 is 11.3. The molecule has 0 aliphatic rings. The molecule has 2 amide bonds. The number of ether oxygens (including phenoxy) is 2. The molecule has 2 aromatic rings. The Morgan fingerprint density at radius 2 is 1.54 bits per heavy atom. The summed E-state index contributed by atoms with van der Waals surface area (Å²) in [4.78, 5) is 23.9. The van der Waals surface area contributed by atoms with E-state index in [1.807, 2.05) is 19.9 Å². The van der Waals surface area contributed by atoms with E-state index in [-0.39, 0.29) is 18.4 Å². The molecule has 0 saturated carbocycles. The van der Waals surface area contributed by atoms with Crippen LogP contribution in [-0.2, 0) is 0 Å². The van der Waals surface area contributed by atoms with Gasteiger partial charge in [0.1, 0.15) is 24.7 Å². The average Bonchev–Trinajstić information content (AvgIpc) is 2.66. The van der Waals surface area contributed by atoms with Gasteiger partial charge in [0.05, 0.1) is 5.56 Å². The van der Waals surface area contributed by atoms with Gasteiger partial charge in [0.25, 0.3) is 11.8 Å². The molecule has 6 nitrogen and oxygen atoms in total. The molecule has 0 radical (unpaired) electrons. The second kappa shape index (κ2) is 10.1. The number of benzene rings is 2. The normalized spacial score (nSPS) is 10.1. The number of hydrogen-bond acceptors (Lipinski definition) is 4. The Bertz CT molecular complexity index is 746. The minimum atomic E-state index is -0.168. The van der Waals surface area contributed by atoms with Crippen molar-refractivity contribution < 1.29 is 19.1 Å².